The van der Waals surface area contributed by atoms with E-state index in [0.29, 0.717) is 21.0 Å². The molecule has 0 bridgehead atoms. The van der Waals surface area contributed by atoms with Gasteiger partial charge in [0.2, 0.25) is 5.56 Å². The first-order chi connectivity index (χ1) is 9.10. The number of halogens is 2. The molecule has 5 heteroatoms. The number of fused-ring (bicyclic) bond motifs is 3. The molecule has 3 rings (SSSR count). The van der Waals surface area contributed by atoms with Crippen LogP contribution in [0.3, 0.4) is 0 Å². The minimum atomic E-state index is -0.212. The van der Waals surface area contributed by atoms with E-state index < -0.39 is 0 Å². The normalized spacial score (nSPS) is 10.8. The van der Waals surface area contributed by atoms with E-state index in [4.69, 9.17) is 23.2 Å². The van der Waals surface area contributed by atoms with Crippen LogP contribution in [-0.4, -0.2) is 4.98 Å². The summed E-state index contributed by atoms with van der Waals surface area (Å²) in [6, 6.07) is 8.63. The van der Waals surface area contributed by atoms with Gasteiger partial charge >= 0.3 is 0 Å². The van der Waals surface area contributed by atoms with E-state index in [1.807, 2.05) is 0 Å². The molecular formula is C14H6Cl2N2O. The van der Waals surface area contributed by atoms with E-state index in [0.717, 1.165) is 16.2 Å². The van der Waals surface area contributed by atoms with Gasteiger partial charge in [-0.05, 0) is 29.0 Å². The highest BCUT2D eigenvalue weighted by atomic mass is 35.5. The molecule has 19 heavy (non-hydrogen) atoms. The molecule has 0 fully saturated rings. The van der Waals surface area contributed by atoms with Crippen molar-refractivity contribution in [3.8, 4) is 6.07 Å². The molecular weight excluding hydrogens is 283 g/mol. The molecule has 0 saturated carbocycles. The molecule has 2 aromatic carbocycles. The first-order valence-corrected chi connectivity index (χ1v) is 6.20. The minimum Gasteiger partial charge on any atom is -0.328 e. The molecule has 3 nitrogen and oxygen atoms in total. The lowest BCUT2D eigenvalue weighted by atomic mass is 9.99. The Balaban J connectivity index is 2.63. The summed E-state index contributed by atoms with van der Waals surface area (Å²) in [6.45, 7) is 0. The van der Waals surface area contributed by atoms with Crippen LogP contribution in [0.15, 0.2) is 35.3 Å². The molecule has 0 aliphatic heterocycles. The van der Waals surface area contributed by atoms with Crippen LogP contribution in [0, 0.1) is 11.3 Å². The molecule has 0 radical (unpaired) electrons. The van der Waals surface area contributed by atoms with Gasteiger partial charge in [-0.15, -0.1) is 0 Å². The quantitative estimate of drug-likeness (QED) is 0.639. The fourth-order valence-electron chi connectivity index (χ4n) is 2.16. The third kappa shape index (κ3) is 1.86. The fourth-order valence-corrected chi connectivity index (χ4v) is 2.49. The zero-order chi connectivity index (χ0) is 13.6. The Kier molecular flexibility index (Phi) is 2.70. The number of pyridine rings is 1. The molecule has 0 unspecified atom stereocenters. The van der Waals surface area contributed by atoms with Crippen molar-refractivity contribution in [2.24, 2.45) is 0 Å². The SMILES string of the molecule is N#Cc1cc2cc(=O)[nH]cc2c2cc(Cl)c(Cl)cc12. The number of aromatic amines is 1. The summed E-state index contributed by atoms with van der Waals surface area (Å²) in [5.41, 5.74) is 0.252. The van der Waals surface area contributed by atoms with Crippen LogP contribution < -0.4 is 5.56 Å². The fraction of sp³-hybridized carbons (Fsp3) is 0. The van der Waals surface area contributed by atoms with Gasteiger partial charge in [0.1, 0.15) is 0 Å². The second-order valence-electron chi connectivity index (χ2n) is 4.15. The van der Waals surface area contributed by atoms with E-state index in [-0.39, 0.29) is 5.56 Å². The lowest BCUT2D eigenvalue weighted by molar-refractivity contribution is 1.27. The van der Waals surface area contributed by atoms with Crippen LogP contribution >= 0.6 is 23.2 Å². The Hall–Kier alpha value is -2.02. The smallest absolute Gasteiger partial charge is 0.248 e. The number of hydrogen-bond donors (Lipinski definition) is 1. The van der Waals surface area contributed by atoms with E-state index in [1.165, 1.54) is 6.07 Å². The van der Waals surface area contributed by atoms with Crippen molar-refractivity contribution in [1.29, 1.82) is 5.26 Å². The number of hydrogen-bond acceptors (Lipinski definition) is 2. The summed E-state index contributed by atoms with van der Waals surface area (Å²) in [5, 5.41) is 13.1. The zero-order valence-corrected chi connectivity index (χ0v) is 11.0. The summed E-state index contributed by atoms with van der Waals surface area (Å²) in [4.78, 5) is 14.0. The molecule has 0 aliphatic carbocycles. The Morgan fingerprint density at radius 2 is 1.68 bits per heavy atom. The van der Waals surface area contributed by atoms with Crippen LogP contribution in [-0.2, 0) is 0 Å². The largest absolute Gasteiger partial charge is 0.328 e. The lowest BCUT2D eigenvalue weighted by Gasteiger charge is -2.07. The molecule has 1 N–H and O–H groups in total. The van der Waals surface area contributed by atoms with Crippen molar-refractivity contribution in [2.75, 3.05) is 0 Å². The molecule has 0 aliphatic rings. The van der Waals surface area contributed by atoms with Crippen molar-refractivity contribution in [1.82, 2.24) is 4.98 Å². The molecule has 0 atom stereocenters. The summed E-state index contributed by atoms with van der Waals surface area (Å²) < 4.78 is 0. The predicted molar refractivity (Wildman–Crippen MR) is 76.8 cm³/mol. The van der Waals surface area contributed by atoms with E-state index >= 15 is 0 Å². The lowest BCUT2D eigenvalue weighted by Crippen LogP contribution is -2.02. The first-order valence-electron chi connectivity index (χ1n) is 5.44. The van der Waals surface area contributed by atoms with Crippen molar-refractivity contribution < 1.29 is 0 Å². The average molecular weight is 289 g/mol. The molecule has 1 aromatic heterocycles. The van der Waals surface area contributed by atoms with Crippen molar-refractivity contribution in [3.63, 3.8) is 0 Å². The van der Waals surface area contributed by atoms with Crippen molar-refractivity contribution in [3.05, 3.63) is 56.4 Å². The molecule has 0 saturated heterocycles. The van der Waals surface area contributed by atoms with Gasteiger partial charge in [-0.25, -0.2) is 0 Å². The molecule has 92 valence electrons. The van der Waals surface area contributed by atoms with Crippen LogP contribution in [0.5, 0.6) is 0 Å². The van der Waals surface area contributed by atoms with Gasteiger partial charge in [-0.2, -0.15) is 5.26 Å². The van der Waals surface area contributed by atoms with Gasteiger partial charge in [0.15, 0.2) is 0 Å². The summed E-state index contributed by atoms with van der Waals surface area (Å²) in [5.74, 6) is 0. The number of nitrogens with zero attached hydrogens (tertiary/aromatic N) is 1. The summed E-state index contributed by atoms with van der Waals surface area (Å²) >= 11 is 12.0. The standard InChI is InChI=1S/C14H6Cl2N2O/c15-12-3-9-8(5-17)1-7-2-14(19)18-6-11(7)10(9)4-13(12)16/h1-4,6H,(H,18,19). The van der Waals surface area contributed by atoms with E-state index in [2.05, 4.69) is 11.1 Å². The Labute approximate surface area is 118 Å². The number of aromatic nitrogens is 1. The number of nitriles is 1. The van der Waals surface area contributed by atoms with Crippen LogP contribution in [0.4, 0.5) is 0 Å². The van der Waals surface area contributed by atoms with Gasteiger partial charge in [-0.3, -0.25) is 4.79 Å². The number of benzene rings is 2. The minimum absolute atomic E-state index is 0.212. The summed E-state index contributed by atoms with van der Waals surface area (Å²) in [6.07, 6.45) is 1.62. The Morgan fingerprint density at radius 1 is 1.00 bits per heavy atom. The van der Waals surface area contributed by atoms with Crippen LogP contribution in [0.2, 0.25) is 10.0 Å². The van der Waals surface area contributed by atoms with E-state index in [1.54, 1.807) is 24.4 Å². The third-order valence-corrected chi connectivity index (χ3v) is 3.74. The number of H-pyrrole nitrogens is 1. The van der Waals surface area contributed by atoms with Crippen molar-refractivity contribution in [2.45, 2.75) is 0 Å². The van der Waals surface area contributed by atoms with Gasteiger partial charge in [-0.1, -0.05) is 23.2 Å². The van der Waals surface area contributed by atoms with Gasteiger partial charge in [0.25, 0.3) is 0 Å². The molecule has 1 heterocycles. The molecule has 3 aromatic rings. The summed E-state index contributed by atoms with van der Waals surface area (Å²) in [7, 11) is 0. The van der Waals surface area contributed by atoms with Gasteiger partial charge in [0, 0.05) is 23.0 Å². The Morgan fingerprint density at radius 3 is 2.37 bits per heavy atom. The predicted octanol–water partition coefficient (Wildman–Crippen LogP) is 3.86. The Bertz CT molecular complexity index is 923. The average Bonchev–Trinajstić information content (AvgIpc) is 2.39. The van der Waals surface area contributed by atoms with Crippen LogP contribution in [0.25, 0.3) is 21.5 Å². The highest BCUT2D eigenvalue weighted by molar-refractivity contribution is 6.43. The molecule has 0 amide bonds. The monoisotopic (exact) mass is 288 g/mol. The van der Waals surface area contributed by atoms with Crippen molar-refractivity contribution >= 4 is 44.7 Å². The first kappa shape index (κ1) is 12.0. The van der Waals surface area contributed by atoms with E-state index in [9.17, 15) is 10.1 Å². The highest BCUT2D eigenvalue weighted by Crippen LogP contribution is 2.33. The second kappa shape index (κ2) is 4.27. The number of nitrogens with one attached hydrogen (secondary N) is 1. The maximum absolute atomic E-state index is 11.4. The van der Waals surface area contributed by atoms with Crippen LogP contribution in [0.1, 0.15) is 5.56 Å². The third-order valence-electron chi connectivity index (χ3n) is 3.02. The molecule has 0 spiro atoms. The topological polar surface area (TPSA) is 56.6 Å². The van der Waals surface area contributed by atoms with Gasteiger partial charge in [0.05, 0.1) is 21.7 Å². The van der Waals surface area contributed by atoms with Gasteiger partial charge < -0.3 is 4.98 Å². The highest BCUT2D eigenvalue weighted by Gasteiger charge is 2.10. The second-order valence-corrected chi connectivity index (χ2v) is 4.96. The number of rotatable bonds is 0. The maximum Gasteiger partial charge on any atom is 0.248 e. The zero-order valence-electron chi connectivity index (χ0n) is 9.50. The maximum atomic E-state index is 11.4.